The minimum absolute atomic E-state index is 0.256. The number of carboxylic acids is 1. The molecule has 0 aliphatic carbocycles. The second-order valence-corrected chi connectivity index (χ2v) is 6.37. The molecule has 1 amide bonds. The smallest absolute Gasteiger partial charge is 0.304 e. The minimum atomic E-state index is -1.02. The Morgan fingerprint density at radius 3 is 2.42 bits per heavy atom. The summed E-state index contributed by atoms with van der Waals surface area (Å²) in [5, 5.41) is 13.0. The normalized spacial score (nSPS) is 11.8. The molecule has 2 rings (SSSR count). The first-order chi connectivity index (χ1) is 11.4. The predicted octanol–water partition coefficient (Wildman–Crippen LogP) is 4.57. The quantitative estimate of drug-likeness (QED) is 0.787. The van der Waals surface area contributed by atoms with E-state index < -0.39 is 11.9 Å². The first kappa shape index (κ1) is 18.3. The molecule has 0 aliphatic rings. The maximum Gasteiger partial charge on any atom is 0.304 e. The van der Waals surface area contributed by atoms with Gasteiger partial charge in [0.05, 0.1) is 12.3 Å². The van der Waals surface area contributed by atoms with Crippen LogP contribution in [0, 0.1) is 12.8 Å². The maximum atomic E-state index is 12.5. The molecule has 0 aliphatic heterocycles. The number of rotatable bonds is 6. The van der Waals surface area contributed by atoms with Crippen molar-refractivity contribution in [1.82, 2.24) is 0 Å². The SMILES string of the molecule is Cc1c(Cl)cccc1NC(=O)[C@H](CC(=O)O)Cc1ccc(Cl)cc1. The van der Waals surface area contributed by atoms with E-state index in [1.165, 1.54) is 0 Å². The van der Waals surface area contributed by atoms with Gasteiger partial charge in [0.1, 0.15) is 0 Å². The Balaban J connectivity index is 2.17. The molecule has 0 radical (unpaired) electrons. The van der Waals surface area contributed by atoms with Gasteiger partial charge in [0.2, 0.25) is 5.91 Å². The minimum Gasteiger partial charge on any atom is -0.481 e. The largest absolute Gasteiger partial charge is 0.481 e. The van der Waals surface area contributed by atoms with E-state index in [0.29, 0.717) is 22.2 Å². The van der Waals surface area contributed by atoms with Crippen molar-refractivity contribution in [1.29, 1.82) is 0 Å². The van der Waals surface area contributed by atoms with Gasteiger partial charge in [-0.15, -0.1) is 0 Å². The third kappa shape index (κ3) is 4.98. The van der Waals surface area contributed by atoms with Crippen LogP contribution in [0.25, 0.3) is 0 Å². The molecule has 0 aromatic heterocycles. The number of amides is 1. The monoisotopic (exact) mass is 365 g/mol. The standard InChI is InChI=1S/C18H17Cl2NO3/c1-11-15(20)3-2-4-16(11)21-18(24)13(10-17(22)23)9-12-5-7-14(19)8-6-12/h2-8,13H,9-10H2,1H3,(H,21,24)(H,22,23)/t13-/m0/s1. The molecule has 0 saturated carbocycles. The average Bonchev–Trinajstić information content (AvgIpc) is 2.53. The Morgan fingerprint density at radius 2 is 1.79 bits per heavy atom. The molecule has 24 heavy (non-hydrogen) atoms. The lowest BCUT2D eigenvalue weighted by Crippen LogP contribution is -2.27. The van der Waals surface area contributed by atoms with Gasteiger partial charge in [-0.25, -0.2) is 0 Å². The van der Waals surface area contributed by atoms with E-state index in [9.17, 15) is 9.59 Å². The summed E-state index contributed by atoms with van der Waals surface area (Å²) in [5.74, 6) is -2.06. The van der Waals surface area contributed by atoms with Crippen molar-refractivity contribution >= 4 is 40.8 Å². The molecule has 126 valence electrons. The first-order valence-electron chi connectivity index (χ1n) is 7.39. The Bertz CT molecular complexity index is 744. The van der Waals surface area contributed by atoms with Gasteiger partial charge in [0.25, 0.3) is 0 Å². The fourth-order valence-corrected chi connectivity index (χ4v) is 2.65. The number of carboxylic acid groups (broad SMARTS) is 1. The van der Waals surface area contributed by atoms with E-state index >= 15 is 0 Å². The molecular weight excluding hydrogens is 349 g/mol. The molecule has 4 nitrogen and oxygen atoms in total. The number of hydrogen-bond acceptors (Lipinski definition) is 2. The number of nitrogens with one attached hydrogen (secondary N) is 1. The number of anilines is 1. The van der Waals surface area contributed by atoms with Crippen molar-refractivity contribution in [2.75, 3.05) is 5.32 Å². The summed E-state index contributed by atoms with van der Waals surface area (Å²) in [6.07, 6.45) is 0.0585. The molecular formula is C18H17Cl2NO3. The Morgan fingerprint density at radius 1 is 1.12 bits per heavy atom. The molecule has 0 fully saturated rings. The van der Waals surface area contributed by atoms with E-state index in [0.717, 1.165) is 11.1 Å². The number of carbonyl (C=O) groups is 2. The summed E-state index contributed by atoms with van der Waals surface area (Å²) in [5.41, 5.74) is 2.18. The molecule has 2 aromatic rings. The average molecular weight is 366 g/mol. The van der Waals surface area contributed by atoms with Gasteiger partial charge >= 0.3 is 5.97 Å². The molecule has 0 heterocycles. The van der Waals surface area contributed by atoms with Crippen LogP contribution in [-0.4, -0.2) is 17.0 Å². The van der Waals surface area contributed by atoms with Crippen LogP contribution in [0.3, 0.4) is 0 Å². The highest BCUT2D eigenvalue weighted by Crippen LogP contribution is 2.24. The lowest BCUT2D eigenvalue weighted by Gasteiger charge is -2.17. The number of aliphatic carboxylic acids is 1. The van der Waals surface area contributed by atoms with Gasteiger partial charge in [0.15, 0.2) is 0 Å². The van der Waals surface area contributed by atoms with E-state index in [1.807, 2.05) is 0 Å². The molecule has 6 heteroatoms. The Labute approximate surface area is 150 Å². The zero-order chi connectivity index (χ0) is 17.7. The zero-order valence-electron chi connectivity index (χ0n) is 13.1. The third-order valence-electron chi connectivity index (χ3n) is 3.71. The second kappa shape index (κ2) is 8.18. The van der Waals surface area contributed by atoms with Crippen LogP contribution in [0.4, 0.5) is 5.69 Å². The van der Waals surface area contributed by atoms with Crippen LogP contribution in [0.1, 0.15) is 17.5 Å². The Hall–Kier alpha value is -2.04. The van der Waals surface area contributed by atoms with Crippen LogP contribution in [-0.2, 0) is 16.0 Å². The van der Waals surface area contributed by atoms with E-state index in [4.69, 9.17) is 28.3 Å². The van der Waals surface area contributed by atoms with Gasteiger partial charge in [-0.1, -0.05) is 41.4 Å². The van der Waals surface area contributed by atoms with Crippen LogP contribution >= 0.6 is 23.2 Å². The summed E-state index contributed by atoms with van der Waals surface area (Å²) in [6, 6.07) is 12.2. The van der Waals surface area contributed by atoms with Gasteiger partial charge in [-0.05, 0) is 48.7 Å². The van der Waals surface area contributed by atoms with Crippen molar-refractivity contribution in [3.63, 3.8) is 0 Å². The molecule has 1 atom stereocenters. The molecule has 0 unspecified atom stereocenters. The Kier molecular flexibility index (Phi) is 6.23. The summed E-state index contributed by atoms with van der Waals surface area (Å²) < 4.78 is 0. The van der Waals surface area contributed by atoms with Gasteiger partial charge in [-0.2, -0.15) is 0 Å². The van der Waals surface area contributed by atoms with Gasteiger partial charge in [-0.3, -0.25) is 9.59 Å². The van der Waals surface area contributed by atoms with Crippen molar-refractivity contribution in [3.05, 3.63) is 63.6 Å². The van der Waals surface area contributed by atoms with Gasteiger partial charge < -0.3 is 10.4 Å². The predicted molar refractivity (Wildman–Crippen MR) is 95.7 cm³/mol. The highest BCUT2D eigenvalue weighted by molar-refractivity contribution is 6.31. The third-order valence-corrected chi connectivity index (χ3v) is 4.37. The molecule has 0 spiro atoms. The van der Waals surface area contributed by atoms with E-state index in [2.05, 4.69) is 5.32 Å². The highest BCUT2D eigenvalue weighted by Gasteiger charge is 2.23. The second-order valence-electron chi connectivity index (χ2n) is 5.53. The van der Waals surface area contributed by atoms with Crippen LogP contribution in [0.2, 0.25) is 10.0 Å². The number of hydrogen-bond donors (Lipinski definition) is 2. The molecule has 2 N–H and O–H groups in total. The van der Waals surface area contributed by atoms with Crippen LogP contribution in [0.5, 0.6) is 0 Å². The maximum absolute atomic E-state index is 12.5. The number of halogens is 2. The molecule has 0 saturated heterocycles. The summed E-state index contributed by atoms with van der Waals surface area (Å²) in [4.78, 5) is 23.6. The van der Waals surface area contributed by atoms with Crippen molar-refractivity contribution in [2.45, 2.75) is 19.8 Å². The molecule has 2 aromatic carbocycles. The van der Waals surface area contributed by atoms with E-state index in [-0.39, 0.29) is 12.3 Å². The lowest BCUT2D eigenvalue weighted by molar-refractivity contribution is -0.140. The fourth-order valence-electron chi connectivity index (χ4n) is 2.35. The van der Waals surface area contributed by atoms with Crippen LogP contribution in [0.15, 0.2) is 42.5 Å². The van der Waals surface area contributed by atoms with Crippen LogP contribution < -0.4 is 5.32 Å². The lowest BCUT2D eigenvalue weighted by atomic mass is 9.95. The number of benzene rings is 2. The van der Waals surface area contributed by atoms with Crippen molar-refractivity contribution < 1.29 is 14.7 Å². The summed E-state index contributed by atoms with van der Waals surface area (Å²) >= 11 is 11.9. The van der Waals surface area contributed by atoms with Crippen molar-refractivity contribution in [3.8, 4) is 0 Å². The summed E-state index contributed by atoms with van der Waals surface area (Å²) in [6.45, 7) is 1.79. The summed E-state index contributed by atoms with van der Waals surface area (Å²) in [7, 11) is 0. The first-order valence-corrected chi connectivity index (χ1v) is 8.14. The topological polar surface area (TPSA) is 66.4 Å². The van der Waals surface area contributed by atoms with Gasteiger partial charge in [0, 0.05) is 15.7 Å². The fraction of sp³-hybridized carbons (Fsp3) is 0.222. The zero-order valence-corrected chi connectivity index (χ0v) is 14.6. The molecule has 0 bridgehead atoms. The highest BCUT2D eigenvalue weighted by atomic mass is 35.5. The van der Waals surface area contributed by atoms with Crippen molar-refractivity contribution in [2.24, 2.45) is 5.92 Å². The number of carbonyl (C=O) groups excluding carboxylic acids is 1. The van der Waals surface area contributed by atoms with E-state index in [1.54, 1.807) is 49.4 Å².